The molecule has 9 nitrogen and oxygen atoms in total. The number of nitrogens with zero attached hydrogens (tertiary/aromatic N) is 3. The molecule has 0 radical (unpaired) electrons. The van der Waals surface area contributed by atoms with Gasteiger partial charge in [0.1, 0.15) is 0 Å². The summed E-state index contributed by atoms with van der Waals surface area (Å²) in [7, 11) is 2.43. The average molecular weight is 336 g/mol. The first kappa shape index (κ1) is 21.3. The van der Waals surface area contributed by atoms with Crippen molar-refractivity contribution in [2.45, 2.75) is 12.5 Å². The van der Waals surface area contributed by atoms with Crippen LogP contribution in [-0.4, -0.2) is 76.2 Å². The topological polar surface area (TPSA) is 107 Å². The molecule has 0 bridgehead atoms. The minimum absolute atomic E-state index is 0.354. The highest BCUT2D eigenvalue weighted by Crippen LogP contribution is 2.14. The fraction of sp³-hybridized carbons (Fsp3) is 1.00. The number of ether oxygens (including phenoxy) is 2. The Morgan fingerprint density at radius 3 is 2.18 bits per heavy atom. The van der Waals surface area contributed by atoms with Crippen molar-refractivity contribution in [2.24, 2.45) is 5.11 Å². The lowest BCUT2D eigenvalue weighted by atomic mass is 10.5. The predicted octanol–water partition coefficient (Wildman–Crippen LogP) is 1.19. The molecule has 0 atom stereocenters. The predicted molar refractivity (Wildman–Crippen MR) is 84.7 cm³/mol. The summed E-state index contributed by atoms with van der Waals surface area (Å²) in [6.45, 7) is 4.08. The summed E-state index contributed by atoms with van der Waals surface area (Å²) < 4.78 is 26.6. The Balaban J connectivity index is 3.31. The van der Waals surface area contributed by atoms with Crippen molar-refractivity contribution in [3.8, 4) is 0 Å². The third-order valence-corrected chi connectivity index (χ3v) is 5.80. The van der Waals surface area contributed by atoms with Crippen LogP contribution in [0.5, 0.6) is 0 Å². The average Bonchev–Trinajstić information content (AvgIpc) is 2.56. The van der Waals surface area contributed by atoms with Crippen molar-refractivity contribution in [1.29, 1.82) is 0 Å². The summed E-state index contributed by atoms with van der Waals surface area (Å²) >= 11 is 0. The SMILES string of the molecule is CO[Si](CCCNCCOCCOCCN=[N+]=[N-])(OC)OC. The lowest BCUT2D eigenvalue weighted by Gasteiger charge is -2.24. The van der Waals surface area contributed by atoms with Crippen LogP contribution in [0.2, 0.25) is 6.04 Å². The molecule has 10 heteroatoms. The van der Waals surface area contributed by atoms with Gasteiger partial charge in [0.2, 0.25) is 0 Å². The largest absolute Gasteiger partial charge is 0.500 e. The van der Waals surface area contributed by atoms with Gasteiger partial charge in [-0.1, -0.05) is 5.11 Å². The second-order valence-electron chi connectivity index (χ2n) is 4.33. The number of hydrogen-bond acceptors (Lipinski definition) is 7. The third kappa shape index (κ3) is 10.9. The normalized spacial score (nSPS) is 11.4. The van der Waals surface area contributed by atoms with E-state index in [0.717, 1.165) is 25.6 Å². The minimum atomic E-state index is -2.44. The molecule has 0 aliphatic rings. The molecular weight excluding hydrogens is 308 g/mol. The van der Waals surface area contributed by atoms with Crippen LogP contribution < -0.4 is 5.32 Å². The van der Waals surface area contributed by atoms with Crippen LogP contribution in [0.3, 0.4) is 0 Å². The van der Waals surface area contributed by atoms with E-state index in [0.29, 0.717) is 33.0 Å². The number of hydrogen-bond donors (Lipinski definition) is 1. The van der Waals surface area contributed by atoms with Gasteiger partial charge in [0.05, 0.1) is 26.4 Å². The van der Waals surface area contributed by atoms with E-state index in [1.54, 1.807) is 21.3 Å². The van der Waals surface area contributed by atoms with Crippen LogP contribution in [0, 0.1) is 0 Å². The van der Waals surface area contributed by atoms with Crippen molar-refractivity contribution >= 4 is 8.80 Å². The van der Waals surface area contributed by atoms with E-state index in [1.807, 2.05) is 0 Å². The minimum Gasteiger partial charge on any atom is -0.379 e. The van der Waals surface area contributed by atoms with Gasteiger partial charge in [-0.3, -0.25) is 0 Å². The molecule has 0 heterocycles. The highest BCUT2D eigenvalue weighted by atomic mass is 28.4. The molecule has 0 amide bonds. The third-order valence-electron chi connectivity index (χ3n) is 2.96. The highest BCUT2D eigenvalue weighted by Gasteiger charge is 2.36. The molecule has 0 aromatic carbocycles. The second kappa shape index (κ2) is 15.2. The molecule has 22 heavy (non-hydrogen) atoms. The van der Waals surface area contributed by atoms with Crippen molar-refractivity contribution < 1.29 is 22.8 Å². The van der Waals surface area contributed by atoms with Crippen LogP contribution in [0.15, 0.2) is 5.11 Å². The van der Waals surface area contributed by atoms with Gasteiger partial charge in [-0.05, 0) is 18.5 Å². The van der Waals surface area contributed by atoms with Crippen molar-refractivity contribution in [1.82, 2.24) is 5.32 Å². The van der Waals surface area contributed by atoms with E-state index in [4.69, 9.17) is 28.3 Å². The molecule has 0 aromatic rings. The van der Waals surface area contributed by atoms with E-state index in [-0.39, 0.29) is 0 Å². The summed E-state index contributed by atoms with van der Waals surface area (Å²) in [5.74, 6) is 0. The molecule has 0 rings (SSSR count). The summed E-state index contributed by atoms with van der Waals surface area (Å²) in [4.78, 5) is 2.63. The van der Waals surface area contributed by atoms with Gasteiger partial charge >= 0.3 is 8.80 Å². The molecule has 0 saturated carbocycles. The fourth-order valence-corrected chi connectivity index (χ4v) is 3.45. The molecule has 130 valence electrons. The molecule has 1 N–H and O–H groups in total. The summed E-state index contributed by atoms with van der Waals surface area (Å²) in [6.07, 6.45) is 0.921. The molecule has 0 unspecified atom stereocenters. The van der Waals surface area contributed by atoms with Crippen molar-refractivity contribution in [3.05, 3.63) is 10.4 Å². The monoisotopic (exact) mass is 336 g/mol. The van der Waals surface area contributed by atoms with Gasteiger partial charge in [0, 0.05) is 45.4 Å². The molecule has 0 spiro atoms. The van der Waals surface area contributed by atoms with Gasteiger partial charge in [-0.15, -0.1) is 0 Å². The van der Waals surface area contributed by atoms with Gasteiger partial charge in [-0.2, -0.15) is 0 Å². The van der Waals surface area contributed by atoms with Crippen molar-refractivity contribution in [2.75, 3.05) is 67.4 Å². The molecule has 0 aromatic heterocycles. The summed E-state index contributed by atoms with van der Waals surface area (Å²) in [6, 6.07) is 0.781. The zero-order chi connectivity index (χ0) is 16.5. The van der Waals surface area contributed by atoms with E-state index in [2.05, 4.69) is 15.3 Å². The number of rotatable bonds is 16. The van der Waals surface area contributed by atoms with Crippen molar-refractivity contribution in [3.63, 3.8) is 0 Å². The van der Waals surface area contributed by atoms with E-state index >= 15 is 0 Å². The number of azide groups is 1. The van der Waals surface area contributed by atoms with Crippen LogP contribution >= 0.6 is 0 Å². The Morgan fingerprint density at radius 2 is 1.59 bits per heavy atom. The molecule has 0 aliphatic heterocycles. The second-order valence-corrected chi connectivity index (χ2v) is 7.42. The fourth-order valence-electron chi connectivity index (χ4n) is 1.73. The van der Waals surface area contributed by atoms with Crippen LogP contribution in [-0.2, 0) is 22.8 Å². The molecule has 0 fully saturated rings. The summed E-state index contributed by atoms with van der Waals surface area (Å²) in [5.41, 5.74) is 8.07. The van der Waals surface area contributed by atoms with E-state index < -0.39 is 8.80 Å². The maximum atomic E-state index is 8.07. The maximum Gasteiger partial charge on any atom is 0.500 e. The van der Waals surface area contributed by atoms with Crippen LogP contribution in [0.1, 0.15) is 6.42 Å². The maximum absolute atomic E-state index is 8.07. The van der Waals surface area contributed by atoms with Gasteiger partial charge in [0.15, 0.2) is 0 Å². The van der Waals surface area contributed by atoms with E-state index in [1.165, 1.54) is 0 Å². The first-order valence-electron chi connectivity index (χ1n) is 7.27. The molecule has 0 saturated heterocycles. The van der Waals surface area contributed by atoms with Crippen LogP contribution in [0.4, 0.5) is 0 Å². The quantitative estimate of drug-likeness (QED) is 0.149. The standard InChI is InChI=1S/C12H28N4O5Si/c1-17-22(18-2,19-3)12-4-5-14-6-8-20-10-11-21-9-7-15-16-13/h14H,4-12H2,1-3H3. The van der Waals surface area contributed by atoms with Gasteiger partial charge in [0.25, 0.3) is 0 Å². The van der Waals surface area contributed by atoms with E-state index in [9.17, 15) is 0 Å². The first-order chi connectivity index (χ1) is 10.7. The van der Waals surface area contributed by atoms with Gasteiger partial charge < -0.3 is 28.1 Å². The lowest BCUT2D eigenvalue weighted by molar-refractivity contribution is 0.0519. The Labute approximate surface area is 133 Å². The van der Waals surface area contributed by atoms with Gasteiger partial charge in [-0.25, -0.2) is 0 Å². The molecular formula is C12H28N4O5Si. The Hall–Kier alpha value is -0.713. The first-order valence-corrected chi connectivity index (χ1v) is 9.20. The smallest absolute Gasteiger partial charge is 0.379 e. The Kier molecular flexibility index (Phi) is 14.7. The Morgan fingerprint density at radius 1 is 0.955 bits per heavy atom. The summed E-state index contributed by atoms with van der Waals surface area (Å²) in [5, 5.41) is 6.65. The lowest BCUT2D eigenvalue weighted by Crippen LogP contribution is -2.43. The number of nitrogens with one attached hydrogen (secondary N) is 1. The highest BCUT2D eigenvalue weighted by molar-refractivity contribution is 6.60. The Bertz CT molecular complexity index is 293. The zero-order valence-electron chi connectivity index (χ0n) is 13.7. The zero-order valence-corrected chi connectivity index (χ0v) is 14.7. The molecule has 0 aliphatic carbocycles. The van der Waals surface area contributed by atoms with Crippen LogP contribution in [0.25, 0.3) is 10.4 Å².